The van der Waals surface area contributed by atoms with E-state index in [1.54, 1.807) is 5.57 Å². The average Bonchev–Trinajstić information content (AvgIpc) is 3.10. The van der Waals surface area contributed by atoms with Crippen molar-refractivity contribution in [2.24, 2.45) is 28.1 Å². The summed E-state index contributed by atoms with van der Waals surface area (Å²) in [5, 5.41) is 10.6. The van der Waals surface area contributed by atoms with E-state index in [1.165, 1.54) is 44.9 Å². The molecule has 0 spiro atoms. The average molecular weight is 818 g/mol. The molecular formula is C31H49I3O. The van der Waals surface area contributed by atoms with E-state index in [0.29, 0.717) is 3.42 Å². The maximum absolute atomic E-state index is 10.6. The first-order chi connectivity index (χ1) is 16.4. The number of fused-ring (bicyclic) bond motifs is 5. The first-order valence-electron chi connectivity index (χ1n) is 13.9. The van der Waals surface area contributed by atoms with Gasteiger partial charge in [0.1, 0.15) is 0 Å². The molecule has 0 amide bonds. The van der Waals surface area contributed by atoms with Crippen molar-refractivity contribution < 1.29 is 5.11 Å². The Hall–Kier alpha value is 1.37. The summed E-state index contributed by atoms with van der Waals surface area (Å²) in [6.07, 6.45) is 18.3. The number of halogens is 3. The van der Waals surface area contributed by atoms with Gasteiger partial charge in [0.25, 0.3) is 0 Å². The Morgan fingerprint density at radius 3 is 2.40 bits per heavy atom. The van der Waals surface area contributed by atoms with Gasteiger partial charge in [0.2, 0.25) is 0 Å². The molecular weight excluding hydrogens is 769 g/mol. The molecule has 4 aliphatic rings. The van der Waals surface area contributed by atoms with E-state index in [4.69, 9.17) is 9.03 Å². The molecule has 0 aromatic heterocycles. The second-order valence-electron chi connectivity index (χ2n) is 13.1. The van der Waals surface area contributed by atoms with Crippen molar-refractivity contribution in [3.63, 3.8) is 0 Å². The van der Waals surface area contributed by atoms with E-state index < -0.39 is 0 Å². The highest BCUT2D eigenvalue weighted by atomic mass is 127. The lowest BCUT2D eigenvalue weighted by atomic mass is 9.41. The summed E-state index contributed by atoms with van der Waals surface area (Å²) in [7, 11) is 0. The molecule has 4 aliphatic carbocycles. The van der Waals surface area contributed by atoms with Gasteiger partial charge >= 0.3 is 0 Å². The number of allylic oxidation sites excluding steroid dienone is 2. The van der Waals surface area contributed by atoms with Crippen molar-refractivity contribution in [1.29, 1.82) is 0 Å². The highest BCUT2D eigenvalue weighted by molar-refractivity contribution is 14.2. The lowest BCUT2D eigenvalue weighted by Crippen LogP contribution is -2.73. The van der Waals surface area contributed by atoms with Crippen molar-refractivity contribution in [2.75, 3.05) is 0 Å². The molecule has 0 aromatic carbocycles. The van der Waals surface area contributed by atoms with Gasteiger partial charge in [-0.1, -0.05) is 96.8 Å². The van der Waals surface area contributed by atoms with Gasteiger partial charge in [0.15, 0.2) is 0 Å². The van der Waals surface area contributed by atoms with E-state index in [9.17, 15) is 5.11 Å². The van der Waals surface area contributed by atoms with Gasteiger partial charge < -0.3 is 5.11 Å². The maximum atomic E-state index is 10.6. The van der Waals surface area contributed by atoms with E-state index in [-0.39, 0.29) is 70.7 Å². The zero-order valence-corrected chi connectivity index (χ0v) is 29.3. The monoisotopic (exact) mass is 818 g/mol. The molecule has 4 heteroatoms. The van der Waals surface area contributed by atoms with Gasteiger partial charge in [-0.15, -0.1) is 48.0 Å². The number of alkyl halides is 3. The molecule has 0 heterocycles. The summed E-state index contributed by atoms with van der Waals surface area (Å²) in [6.45, 7) is 17.3. The van der Waals surface area contributed by atoms with Gasteiger partial charge in [-0.25, -0.2) is 0 Å². The van der Waals surface area contributed by atoms with Crippen molar-refractivity contribution in [1.82, 2.24) is 0 Å². The van der Waals surface area contributed by atoms with Gasteiger partial charge in [0.05, 0.1) is 9.53 Å². The minimum Gasteiger partial charge on any atom is -0.393 e. The third kappa shape index (κ3) is 3.69. The van der Waals surface area contributed by atoms with E-state index in [0.717, 1.165) is 37.5 Å². The molecule has 4 rings (SSSR count). The predicted octanol–water partition coefficient (Wildman–Crippen LogP) is 9.55. The molecule has 3 fully saturated rings. The second-order valence-corrected chi connectivity index (χ2v) is 20.3. The Balaban J connectivity index is 1.84. The summed E-state index contributed by atoms with van der Waals surface area (Å²) in [5.41, 5.74) is 2.16. The van der Waals surface area contributed by atoms with Crippen molar-refractivity contribution in [3.8, 4) is 0 Å². The molecule has 0 unspecified atom stereocenters. The number of hydrogen-bond donors (Lipinski definition) is 1. The fraction of sp³-hybridized carbons (Fsp3) is 0.806. The molecule has 1 N–H and O–H groups in total. The summed E-state index contributed by atoms with van der Waals surface area (Å²) in [6, 6.07) is 0. The van der Waals surface area contributed by atoms with Crippen molar-refractivity contribution in [3.05, 3.63) is 24.3 Å². The zero-order chi connectivity index (χ0) is 25.9. The Bertz CT molecular complexity index is 911. The van der Waals surface area contributed by atoms with Crippen molar-refractivity contribution in [2.45, 2.75) is 122 Å². The van der Waals surface area contributed by atoms with E-state index in [2.05, 4.69) is 75.9 Å². The van der Waals surface area contributed by atoms with Gasteiger partial charge in [-0.05, 0) is 75.0 Å². The van der Waals surface area contributed by atoms with E-state index in [1.807, 2.05) is 0 Å². The van der Waals surface area contributed by atoms with Crippen LogP contribution in [0, 0.1) is 28.1 Å². The number of rotatable bonds is 8. The van der Waals surface area contributed by atoms with Crippen LogP contribution < -0.4 is 0 Å². The van der Waals surface area contributed by atoms with Crippen LogP contribution in [0.15, 0.2) is 24.3 Å². The fourth-order valence-electron chi connectivity index (χ4n) is 9.63. The molecule has 0 bridgehead atoms. The van der Waals surface area contributed by atoms with E-state index >= 15 is 0 Å². The Morgan fingerprint density at radius 2 is 1.80 bits per heavy atom. The minimum atomic E-state index is -0.245. The Kier molecular flexibility index (Phi) is 8.46. The molecule has 3 saturated carbocycles. The molecule has 1 nitrogen and oxygen atoms in total. The standard InChI is InChI=1S/C31H49I3O/c1-9-28-18-19-29(33-7,23(4)12-10-11-22(2)3)27(28,6)17-20-31(34-8)26(5)15-14-25(35)21-24(26)13-16-30(28,31)32/h9,13,22-23,25,35H,1,7-8,10-12,14-21H2,2-6H3/t23-,25+,26+,27+,28-,29+,30-,31+/m1/s1. The Labute approximate surface area is 249 Å². The van der Waals surface area contributed by atoms with Crippen LogP contribution >= 0.6 is 64.1 Å². The third-order valence-electron chi connectivity index (χ3n) is 11.8. The molecule has 0 aromatic rings. The van der Waals surface area contributed by atoms with Crippen LogP contribution in [0.2, 0.25) is 0 Å². The molecule has 200 valence electrons. The van der Waals surface area contributed by atoms with Crippen LogP contribution in [0.5, 0.6) is 0 Å². The second kappa shape index (κ2) is 10.1. The van der Waals surface area contributed by atoms with Crippen LogP contribution in [-0.2, 0) is 0 Å². The predicted molar refractivity (Wildman–Crippen MR) is 182 cm³/mol. The molecule has 0 aliphatic heterocycles. The fourth-order valence-corrected chi connectivity index (χ4v) is 19.5. The Morgan fingerprint density at radius 1 is 1.09 bits per heavy atom. The SMILES string of the molecule is C=C[C@@]12CC[C@](I=C)([C@H](C)CCCC(C)C)[C@@]1(C)CC[C@@]1(I=C)[C@@]2(I)CC=C2C[C@@H](O)CC[C@@]21C. The molecule has 35 heavy (non-hydrogen) atoms. The highest BCUT2D eigenvalue weighted by Crippen LogP contribution is 2.83. The molecule has 0 saturated heterocycles. The largest absolute Gasteiger partial charge is 0.393 e. The first-order valence-corrected chi connectivity index (χ1v) is 20.2. The van der Waals surface area contributed by atoms with Gasteiger partial charge in [-0.3, -0.25) is 0 Å². The molecule has 8 atom stereocenters. The topological polar surface area (TPSA) is 20.2 Å². The lowest BCUT2D eigenvalue weighted by Gasteiger charge is -2.72. The van der Waals surface area contributed by atoms with Crippen molar-refractivity contribution >= 4 is 73.1 Å². The summed E-state index contributed by atoms with van der Waals surface area (Å²) in [4.78, 5) is 0. The highest BCUT2D eigenvalue weighted by Gasteiger charge is 2.79. The van der Waals surface area contributed by atoms with Crippen LogP contribution in [-0.4, -0.2) is 30.5 Å². The number of aliphatic hydroxyl groups excluding tert-OH is 1. The van der Waals surface area contributed by atoms with Crippen LogP contribution in [0.3, 0.4) is 0 Å². The summed E-state index contributed by atoms with van der Waals surface area (Å²) < 4.78 is 10.4. The first kappa shape index (κ1) is 29.4. The number of aliphatic hydroxyl groups is 1. The van der Waals surface area contributed by atoms with Crippen LogP contribution in [0.4, 0.5) is 0 Å². The minimum absolute atomic E-state index is 0.140. The van der Waals surface area contributed by atoms with Gasteiger partial charge in [-0.2, -0.15) is 0 Å². The number of hydrogen-bond acceptors (Lipinski definition) is 1. The van der Waals surface area contributed by atoms with Crippen LogP contribution in [0.25, 0.3) is 0 Å². The smallest absolute Gasteiger partial charge is 0.0577 e. The maximum Gasteiger partial charge on any atom is 0.0577 e. The van der Waals surface area contributed by atoms with Crippen LogP contribution in [0.1, 0.15) is 105 Å². The normalized spacial score (nSPS) is 48.0. The molecule has 0 radical (unpaired) electrons. The summed E-state index contributed by atoms with van der Waals surface area (Å²) in [5.74, 6) is 1.54. The van der Waals surface area contributed by atoms with Gasteiger partial charge in [0, 0.05) is 17.7 Å². The quantitative estimate of drug-likeness (QED) is 0.147. The summed E-state index contributed by atoms with van der Waals surface area (Å²) >= 11 is 2.60. The zero-order valence-electron chi connectivity index (χ0n) is 22.9. The third-order valence-corrected chi connectivity index (χ3v) is 23.2. The lowest BCUT2D eigenvalue weighted by molar-refractivity contribution is -0.0371.